The number of hydrogen-bond acceptors (Lipinski definition) is 3. The minimum absolute atomic E-state index is 0.0988. The van der Waals surface area contributed by atoms with E-state index in [1.54, 1.807) is 37.3 Å². The van der Waals surface area contributed by atoms with E-state index in [2.05, 4.69) is 6.58 Å². The van der Waals surface area contributed by atoms with E-state index >= 15 is 0 Å². The van der Waals surface area contributed by atoms with E-state index in [0.29, 0.717) is 17.3 Å². The van der Waals surface area contributed by atoms with Gasteiger partial charge in [0.1, 0.15) is 5.75 Å². The highest BCUT2D eigenvalue weighted by molar-refractivity contribution is 6.32. The van der Waals surface area contributed by atoms with E-state index in [9.17, 15) is 4.79 Å². The number of benzene rings is 1. The number of aliphatic hydroxyl groups is 1. The summed E-state index contributed by atoms with van der Waals surface area (Å²) in [5, 5.41) is 9.40. The number of carbonyl (C=O) groups is 1. The first-order valence-corrected chi connectivity index (χ1v) is 6.39. The van der Waals surface area contributed by atoms with Crippen molar-refractivity contribution in [1.29, 1.82) is 0 Å². The molecule has 0 saturated carbocycles. The van der Waals surface area contributed by atoms with Crippen LogP contribution in [0.4, 0.5) is 0 Å². The van der Waals surface area contributed by atoms with Gasteiger partial charge in [-0.2, -0.15) is 0 Å². The number of carbonyl (C=O) groups excluding carboxylic acids is 1. The molecule has 1 atom stereocenters. The van der Waals surface area contributed by atoms with Crippen LogP contribution in [0.5, 0.6) is 5.75 Å². The van der Waals surface area contributed by atoms with Gasteiger partial charge in [-0.05, 0) is 19.1 Å². The monoisotopic (exact) mass is 283 g/mol. The fraction of sp³-hybridized carbons (Fsp3) is 0.357. The molecule has 4 nitrogen and oxygen atoms in total. The first kappa shape index (κ1) is 15.5. The van der Waals surface area contributed by atoms with E-state index in [-0.39, 0.29) is 19.1 Å². The summed E-state index contributed by atoms with van der Waals surface area (Å²) in [6.45, 7) is 5.76. The average Bonchev–Trinajstić information content (AvgIpc) is 2.40. The molecule has 0 aliphatic rings. The van der Waals surface area contributed by atoms with Gasteiger partial charge in [0.2, 0.25) is 0 Å². The summed E-state index contributed by atoms with van der Waals surface area (Å²) in [4.78, 5) is 13.6. The van der Waals surface area contributed by atoms with Crippen molar-refractivity contribution in [2.24, 2.45) is 0 Å². The van der Waals surface area contributed by atoms with Crippen molar-refractivity contribution in [3.05, 3.63) is 41.9 Å². The van der Waals surface area contributed by atoms with Crippen LogP contribution in [0.25, 0.3) is 0 Å². The number of halogens is 1. The van der Waals surface area contributed by atoms with Gasteiger partial charge >= 0.3 is 0 Å². The predicted octanol–water partition coefficient (Wildman–Crippen LogP) is 2.11. The number of hydrogen-bond donors (Lipinski definition) is 1. The van der Waals surface area contributed by atoms with Crippen LogP contribution >= 0.6 is 11.6 Å². The zero-order valence-corrected chi connectivity index (χ0v) is 11.6. The molecule has 104 valence electrons. The maximum Gasteiger partial charge on any atom is 0.263 e. The number of amides is 1. The second kappa shape index (κ2) is 7.81. The minimum atomic E-state index is -0.675. The zero-order chi connectivity index (χ0) is 14.3. The molecule has 1 rings (SSSR count). The van der Waals surface area contributed by atoms with Gasteiger partial charge in [-0.15, -0.1) is 6.58 Å². The molecule has 0 aliphatic carbocycles. The molecule has 0 saturated heterocycles. The van der Waals surface area contributed by atoms with Crippen molar-refractivity contribution >= 4 is 17.5 Å². The molecule has 1 amide bonds. The molecule has 1 unspecified atom stereocenters. The first-order chi connectivity index (χ1) is 9.10. The van der Waals surface area contributed by atoms with Gasteiger partial charge in [0.15, 0.2) is 6.10 Å². The molecule has 1 aromatic carbocycles. The van der Waals surface area contributed by atoms with E-state index in [4.69, 9.17) is 21.4 Å². The van der Waals surface area contributed by atoms with Crippen molar-refractivity contribution in [1.82, 2.24) is 4.90 Å². The average molecular weight is 284 g/mol. The minimum Gasteiger partial charge on any atom is -0.479 e. The van der Waals surface area contributed by atoms with Crippen LogP contribution in [0.2, 0.25) is 5.02 Å². The van der Waals surface area contributed by atoms with E-state index in [1.165, 1.54) is 4.90 Å². The van der Waals surface area contributed by atoms with E-state index in [0.717, 1.165) is 0 Å². The molecule has 19 heavy (non-hydrogen) atoms. The van der Waals surface area contributed by atoms with Crippen LogP contribution in [-0.2, 0) is 4.79 Å². The van der Waals surface area contributed by atoms with Gasteiger partial charge in [0.05, 0.1) is 11.6 Å². The van der Waals surface area contributed by atoms with Gasteiger partial charge in [-0.1, -0.05) is 29.8 Å². The summed E-state index contributed by atoms with van der Waals surface area (Å²) in [5.41, 5.74) is 0. The smallest absolute Gasteiger partial charge is 0.263 e. The second-order valence-electron chi connectivity index (χ2n) is 3.99. The molecule has 0 aliphatic heterocycles. The van der Waals surface area contributed by atoms with Gasteiger partial charge in [0.25, 0.3) is 5.91 Å². The lowest BCUT2D eigenvalue weighted by Crippen LogP contribution is -2.42. The van der Waals surface area contributed by atoms with Crippen LogP contribution in [0.1, 0.15) is 6.92 Å². The van der Waals surface area contributed by atoms with Gasteiger partial charge < -0.3 is 14.7 Å². The molecule has 5 heteroatoms. The Labute approximate surface area is 118 Å². The van der Waals surface area contributed by atoms with Crippen LogP contribution < -0.4 is 4.74 Å². The number of aliphatic hydroxyl groups excluding tert-OH is 1. The third-order valence-corrected chi connectivity index (χ3v) is 2.83. The van der Waals surface area contributed by atoms with Gasteiger partial charge in [0, 0.05) is 13.1 Å². The Morgan fingerprint density at radius 3 is 2.84 bits per heavy atom. The fourth-order valence-electron chi connectivity index (χ4n) is 1.61. The maximum absolute atomic E-state index is 12.1. The van der Waals surface area contributed by atoms with Crippen molar-refractivity contribution in [3.63, 3.8) is 0 Å². The Bertz CT molecular complexity index is 436. The molecule has 0 spiro atoms. The maximum atomic E-state index is 12.1. The lowest BCUT2D eigenvalue weighted by atomic mass is 10.3. The Balaban J connectivity index is 2.70. The number of para-hydroxylation sites is 1. The summed E-state index contributed by atoms with van der Waals surface area (Å²) in [5.74, 6) is 0.251. The topological polar surface area (TPSA) is 49.8 Å². The van der Waals surface area contributed by atoms with Crippen LogP contribution in [0, 0.1) is 0 Å². The molecule has 0 radical (unpaired) electrons. The highest BCUT2D eigenvalue weighted by Gasteiger charge is 2.21. The van der Waals surface area contributed by atoms with Crippen molar-refractivity contribution in [2.75, 3.05) is 19.7 Å². The zero-order valence-electron chi connectivity index (χ0n) is 10.9. The Kier molecular flexibility index (Phi) is 6.39. The first-order valence-electron chi connectivity index (χ1n) is 6.02. The lowest BCUT2D eigenvalue weighted by Gasteiger charge is -2.24. The Morgan fingerprint density at radius 2 is 2.26 bits per heavy atom. The van der Waals surface area contributed by atoms with Crippen molar-refractivity contribution in [3.8, 4) is 5.75 Å². The van der Waals surface area contributed by atoms with E-state index in [1.807, 2.05) is 0 Å². The normalized spacial score (nSPS) is 11.7. The van der Waals surface area contributed by atoms with Crippen LogP contribution in [0.15, 0.2) is 36.9 Å². The fourth-order valence-corrected chi connectivity index (χ4v) is 1.79. The SMILES string of the molecule is C=CCN(CCO)C(=O)C(C)Oc1ccccc1Cl. The molecule has 1 N–H and O–H groups in total. The molecule has 0 aromatic heterocycles. The Morgan fingerprint density at radius 1 is 1.58 bits per heavy atom. The summed E-state index contributed by atoms with van der Waals surface area (Å²) in [6.07, 6.45) is 0.932. The second-order valence-corrected chi connectivity index (χ2v) is 4.39. The molecule has 0 heterocycles. The van der Waals surface area contributed by atoms with Crippen LogP contribution in [0.3, 0.4) is 0 Å². The molecule has 0 bridgehead atoms. The molecule has 0 fully saturated rings. The third-order valence-electron chi connectivity index (χ3n) is 2.52. The summed E-state index contributed by atoms with van der Waals surface area (Å²) >= 11 is 5.97. The summed E-state index contributed by atoms with van der Waals surface area (Å²) in [6, 6.07) is 6.98. The predicted molar refractivity (Wildman–Crippen MR) is 75.4 cm³/mol. The van der Waals surface area contributed by atoms with Gasteiger partial charge in [-0.3, -0.25) is 4.79 Å². The number of ether oxygens (including phenoxy) is 1. The summed E-state index contributed by atoms with van der Waals surface area (Å²) < 4.78 is 5.54. The number of rotatable bonds is 7. The summed E-state index contributed by atoms with van der Waals surface area (Å²) in [7, 11) is 0. The highest BCUT2D eigenvalue weighted by Crippen LogP contribution is 2.24. The van der Waals surface area contributed by atoms with Crippen molar-refractivity contribution in [2.45, 2.75) is 13.0 Å². The molecular formula is C14H18ClNO3. The molecule has 1 aromatic rings. The largest absolute Gasteiger partial charge is 0.479 e. The van der Waals surface area contributed by atoms with E-state index < -0.39 is 6.10 Å². The van der Waals surface area contributed by atoms with Gasteiger partial charge in [-0.25, -0.2) is 0 Å². The Hall–Kier alpha value is -1.52. The standard InChI is InChI=1S/C14H18ClNO3/c1-3-8-16(9-10-17)14(18)11(2)19-13-7-5-4-6-12(13)15/h3-7,11,17H,1,8-10H2,2H3. The number of nitrogens with zero attached hydrogens (tertiary/aromatic N) is 1. The third kappa shape index (κ3) is 4.58. The van der Waals surface area contributed by atoms with Crippen molar-refractivity contribution < 1.29 is 14.6 Å². The highest BCUT2D eigenvalue weighted by atomic mass is 35.5. The quantitative estimate of drug-likeness (QED) is 0.780. The van der Waals surface area contributed by atoms with Crippen LogP contribution in [-0.4, -0.2) is 41.7 Å². The molecular weight excluding hydrogens is 266 g/mol. The lowest BCUT2D eigenvalue weighted by molar-refractivity contribution is -0.137.